The Morgan fingerprint density at radius 1 is 0.857 bits per heavy atom. The number of hydrogen-bond acceptors (Lipinski definition) is 2. The molecule has 0 fully saturated rings. The van der Waals surface area contributed by atoms with Crippen LogP contribution in [-0.2, 0) is 0 Å². The van der Waals surface area contributed by atoms with Crippen molar-refractivity contribution < 1.29 is 0 Å². The summed E-state index contributed by atoms with van der Waals surface area (Å²) >= 11 is 0. The van der Waals surface area contributed by atoms with Gasteiger partial charge in [0.05, 0.1) is 33.7 Å². The molecule has 0 atom stereocenters. The number of benzene rings is 3. The Balaban J connectivity index is 2.15. The van der Waals surface area contributed by atoms with Crippen LogP contribution in [0.2, 0.25) is 0 Å². The van der Waals surface area contributed by atoms with E-state index in [9.17, 15) is 5.26 Å². The van der Waals surface area contributed by atoms with E-state index in [2.05, 4.69) is 61.6 Å². The molecular weight excluding hydrogens is 342 g/mol. The third kappa shape index (κ3) is 1.70. The highest BCUT2D eigenvalue weighted by atomic mass is 14.9. The van der Waals surface area contributed by atoms with Gasteiger partial charge in [0, 0.05) is 27.7 Å². The summed E-state index contributed by atoms with van der Waals surface area (Å²) in [7, 11) is 0. The van der Waals surface area contributed by atoms with E-state index in [1.165, 1.54) is 27.6 Å². The number of rotatable bonds is 0. The third-order valence-corrected chi connectivity index (χ3v) is 5.96. The maximum atomic E-state index is 9.93. The molecule has 0 spiro atoms. The van der Waals surface area contributed by atoms with Crippen molar-refractivity contribution in [2.75, 3.05) is 0 Å². The van der Waals surface area contributed by atoms with E-state index >= 15 is 0 Å². The van der Waals surface area contributed by atoms with Gasteiger partial charge in [-0.25, -0.2) is 0 Å². The van der Waals surface area contributed by atoms with E-state index in [1.807, 2.05) is 18.3 Å². The molecule has 28 heavy (non-hydrogen) atoms. The Bertz CT molecular complexity index is 1640. The van der Waals surface area contributed by atoms with Gasteiger partial charge < -0.3 is 4.40 Å². The average molecular weight is 359 g/mol. The number of nitrogens with zero attached hydrogens (tertiary/aromatic N) is 3. The summed E-state index contributed by atoms with van der Waals surface area (Å²) < 4.78 is 2.35. The number of aryl methyl sites for hydroxylation is 3. The van der Waals surface area contributed by atoms with E-state index in [0.717, 1.165) is 43.7 Å². The summed E-state index contributed by atoms with van der Waals surface area (Å²) in [5.74, 6) is 0. The number of aromatic nitrogens is 2. The van der Waals surface area contributed by atoms with Crippen LogP contribution in [0, 0.1) is 32.1 Å². The zero-order chi connectivity index (χ0) is 19.2. The van der Waals surface area contributed by atoms with Gasteiger partial charge in [-0.15, -0.1) is 0 Å². The van der Waals surface area contributed by atoms with Crippen LogP contribution in [0.3, 0.4) is 0 Å². The molecule has 132 valence electrons. The first-order chi connectivity index (χ1) is 13.6. The van der Waals surface area contributed by atoms with Crippen molar-refractivity contribution in [3.63, 3.8) is 0 Å². The van der Waals surface area contributed by atoms with Crippen molar-refractivity contribution in [1.82, 2.24) is 9.38 Å². The number of fused-ring (bicyclic) bond motifs is 6. The highest BCUT2D eigenvalue weighted by Crippen LogP contribution is 2.43. The molecule has 6 aromatic rings. The minimum atomic E-state index is 0.724. The Kier molecular flexibility index (Phi) is 2.75. The quantitative estimate of drug-likeness (QED) is 0.240. The zero-order valence-corrected chi connectivity index (χ0v) is 16.0. The molecule has 3 aromatic carbocycles. The Morgan fingerprint density at radius 3 is 2.50 bits per heavy atom. The lowest BCUT2D eigenvalue weighted by Crippen LogP contribution is -1.97. The lowest BCUT2D eigenvalue weighted by atomic mass is 9.97. The monoisotopic (exact) mass is 359 g/mol. The molecule has 6 rings (SSSR count). The van der Waals surface area contributed by atoms with E-state index < -0.39 is 0 Å². The Morgan fingerprint density at radius 2 is 1.68 bits per heavy atom. The first-order valence-electron chi connectivity index (χ1n) is 9.47. The molecule has 0 unspecified atom stereocenters. The van der Waals surface area contributed by atoms with Crippen molar-refractivity contribution in [1.29, 1.82) is 5.26 Å². The molecule has 0 bridgehead atoms. The van der Waals surface area contributed by atoms with Gasteiger partial charge >= 0.3 is 0 Å². The molecule has 0 aliphatic carbocycles. The van der Waals surface area contributed by atoms with Crippen LogP contribution in [0.5, 0.6) is 0 Å². The smallest absolute Gasteiger partial charge is 0.0999 e. The third-order valence-electron chi connectivity index (χ3n) is 5.96. The minimum absolute atomic E-state index is 0.724. The summed E-state index contributed by atoms with van der Waals surface area (Å²) in [6, 6.07) is 17.5. The van der Waals surface area contributed by atoms with Crippen molar-refractivity contribution in [3.05, 3.63) is 70.9 Å². The highest BCUT2D eigenvalue weighted by Gasteiger charge is 2.22. The minimum Gasteiger partial charge on any atom is -0.308 e. The van der Waals surface area contributed by atoms with Gasteiger partial charge in [-0.2, -0.15) is 5.26 Å². The molecule has 0 saturated carbocycles. The second-order valence-corrected chi connectivity index (χ2v) is 7.85. The van der Waals surface area contributed by atoms with Gasteiger partial charge in [0.1, 0.15) is 0 Å². The van der Waals surface area contributed by atoms with E-state index in [1.54, 1.807) is 0 Å². The molecule has 0 radical (unpaired) electrons. The Labute approximate surface area is 161 Å². The summed E-state index contributed by atoms with van der Waals surface area (Å²) in [6.45, 7) is 6.40. The van der Waals surface area contributed by atoms with Crippen molar-refractivity contribution >= 4 is 49.0 Å². The summed E-state index contributed by atoms with van der Waals surface area (Å²) in [5, 5.41) is 15.5. The molecule has 0 N–H and O–H groups in total. The maximum absolute atomic E-state index is 9.93. The van der Waals surface area contributed by atoms with E-state index in [4.69, 9.17) is 4.98 Å². The lowest BCUT2D eigenvalue weighted by Gasteiger charge is -2.15. The topological polar surface area (TPSA) is 41.1 Å². The SMILES string of the molecule is Cc1ccc2c(c1)c1c(C#N)cc3ccnc4c5cc(C)cc(C)c5n2c1c34. The largest absolute Gasteiger partial charge is 0.308 e. The van der Waals surface area contributed by atoms with Crippen LogP contribution in [0.4, 0.5) is 0 Å². The average Bonchev–Trinajstić information content (AvgIpc) is 3.01. The molecule has 0 amide bonds. The second kappa shape index (κ2) is 4.99. The summed E-state index contributed by atoms with van der Waals surface area (Å²) in [5.41, 5.74) is 8.82. The van der Waals surface area contributed by atoms with Crippen LogP contribution in [-0.4, -0.2) is 9.38 Å². The van der Waals surface area contributed by atoms with E-state index in [-0.39, 0.29) is 0 Å². The number of pyridine rings is 2. The van der Waals surface area contributed by atoms with Gasteiger partial charge in [-0.1, -0.05) is 23.3 Å². The van der Waals surface area contributed by atoms with Crippen LogP contribution in [0.1, 0.15) is 22.3 Å². The van der Waals surface area contributed by atoms with Gasteiger partial charge in [0.15, 0.2) is 0 Å². The first-order valence-corrected chi connectivity index (χ1v) is 9.47. The fourth-order valence-electron chi connectivity index (χ4n) is 4.95. The van der Waals surface area contributed by atoms with Gasteiger partial charge in [-0.3, -0.25) is 4.98 Å². The van der Waals surface area contributed by atoms with Gasteiger partial charge in [-0.05, 0) is 62.1 Å². The molecule has 3 aromatic heterocycles. The van der Waals surface area contributed by atoms with Gasteiger partial charge in [0.25, 0.3) is 0 Å². The summed E-state index contributed by atoms with van der Waals surface area (Å²) in [4.78, 5) is 4.79. The van der Waals surface area contributed by atoms with E-state index in [0.29, 0.717) is 0 Å². The van der Waals surface area contributed by atoms with Gasteiger partial charge in [0.2, 0.25) is 0 Å². The fourth-order valence-corrected chi connectivity index (χ4v) is 4.95. The summed E-state index contributed by atoms with van der Waals surface area (Å²) in [6.07, 6.45) is 1.86. The molecule has 3 heteroatoms. The molecule has 3 heterocycles. The standard InChI is InChI=1S/C25H17N3/c1-13-4-5-20-18(9-13)21-17(12-26)11-16-6-7-27-23-19-10-14(2)8-15(3)24(19)28(20)25(21)22(16)23/h4-11H,1-3H3. The first kappa shape index (κ1) is 15.4. The lowest BCUT2D eigenvalue weighted by molar-refractivity contribution is 1.29. The second-order valence-electron chi connectivity index (χ2n) is 7.85. The normalized spacial score (nSPS) is 12.1. The Hall–Kier alpha value is -3.64. The molecular formula is C25H17N3. The van der Waals surface area contributed by atoms with Crippen LogP contribution in [0.15, 0.2) is 48.7 Å². The number of nitriles is 1. The predicted molar refractivity (Wildman–Crippen MR) is 115 cm³/mol. The van der Waals surface area contributed by atoms with Crippen LogP contribution in [0.25, 0.3) is 49.0 Å². The predicted octanol–water partition coefficient (Wildman–Crippen LogP) is 6.18. The molecule has 3 nitrogen and oxygen atoms in total. The number of hydrogen-bond donors (Lipinski definition) is 0. The maximum Gasteiger partial charge on any atom is 0.0999 e. The highest BCUT2D eigenvalue weighted by molar-refractivity contribution is 6.29. The van der Waals surface area contributed by atoms with Crippen molar-refractivity contribution in [3.8, 4) is 6.07 Å². The molecule has 0 saturated heterocycles. The molecule has 0 aliphatic rings. The molecule has 0 aliphatic heterocycles. The van der Waals surface area contributed by atoms with Crippen LogP contribution < -0.4 is 0 Å². The van der Waals surface area contributed by atoms with Crippen molar-refractivity contribution in [2.24, 2.45) is 0 Å². The van der Waals surface area contributed by atoms with Crippen LogP contribution >= 0.6 is 0 Å². The fraction of sp³-hybridized carbons (Fsp3) is 0.120. The zero-order valence-electron chi connectivity index (χ0n) is 16.0. The van der Waals surface area contributed by atoms with Crippen molar-refractivity contribution in [2.45, 2.75) is 20.8 Å².